The number of rotatable bonds is 2. The maximum absolute atomic E-state index is 12.9. The van der Waals surface area contributed by atoms with E-state index in [1.54, 1.807) is 12.1 Å². The summed E-state index contributed by atoms with van der Waals surface area (Å²) >= 11 is 0. The molecule has 1 atom stereocenters. The molecule has 2 aromatic carbocycles. The fraction of sp³-hybridized carbons (Fsp3) is 0.125. The smallest absolute Gasteiger partial charge is 0.137 e. The van der Waals surface area contributed by atoms with E-state index in [-0.39, 0.29) is 11.9 Å². The average Bonchev–Trinajstić information content (AvgIpc) is 2.84. The predicted molar refractivity (Wildman–Crippen MR) is 73.4 cm³/mol. The normalized spacial score (nSPS) is 12.8. The summed E-state index contributed by atoms with van der Waals surface area (Å²) in [6, 6.07) is 13.7. The molecule has 3 aromatic rings. The molecular weight excluding hydrogens is 241 g/mol. The molecule has 1 aromatic heterocycles. The van der Waals surface area contributed by atoms with Crippen molar-refractivity contribution in [3.63, 3.8) is 0 Å². The first-order valence-electron chi connectivity index (χ1n) is 6.15. The minimum atomic E-state index is -0.382. The zero-order valence-electron chi connectivity index (χ0n) is 10.6. The number of nitrogens with two attached hydrogens (primary N) is 1. The summed E-state index contributed by atoms with van der Waals surface area (Å²) in [7, 11) is 0. The second-order valence-corrected chi connectivity index (χ2v) is 4.67. The molecule has 0 saturated heterocycles. The third kappa shape index (κ3) is 2.13. The van der Waals surface area contributed by atoms with Gasteiger partial charge in [0.15, 0.2) is 0 Å². The van der Waals surface area contributed by atoms with Crippen molar-refractivity contribution in [3.05, 3.63) is 71.2 Å². The number of halogens is 1. The lowest BCUT2D eigenvalue weighted by Crippen LogP contribution is -2.10. The maximum atomic E-state index is 12.9. The number of furan rings is 1. The zero-order valence-corrected chi connectivity index (χ0v) is 10.6. The molecule has 1 unspecified atom stereocenters. The van der Waals surface area contributed by atoms with Gasteiger partial charge in [0, 0.05) is 5.39 Å². The predicted octanol–water partition coefficient (Wildman–Crippen LogP) is 3.93. The van der Waals surface area contributed by atoms with Gasteiger partial charge >= 0.3 is 0 Å². The molecule has 2 N–H and O–H groups in total. The molecule has 0 amide bonds. The number of benzene rings is 2. The molecule has 0 fully saturated rings. The highest BCUT2D eigenvalue weighted by Crippen LogP contribution is 2.28. The molecule has 0 saturated carbocycles. The topological polar surface area (TPSA) is 39.2 Å². The van der Waals surface area contributed by atoms with Gasteiger partial charge in [0.25, 0.3) is 0 Å². The molecular formula is C16H14FNO. The first kappa shape index (κ1) is 11.9. The Morgan fingerprint density at radius 1 is 1.11 bits per heavy atom. The molecule has 96 valence electrons. The van der Waals surface area contributed by atoms with Crippen molar-refractivity contribution in [1.82, 2.24) is 0 Å². The van der Waals surface area contributed by atoms with Crippen LogP contribution in [0.5, 0.6) is 0 Å². The third-order valence-electron chi connectivity index (χ3n) is 3.30. The van der Waals surface area contributed by atoms with E-state index >= 15 is 0 Å². The van der Waals surface area contributed by atoms with Gasteiger partial charge in [-0.2, -0.15) is 0 Å². The van der Waals surface area contributed by atoms with Crippen LogP contribution in [-0.2, 0) is 0 Å². The molecule has 0 radical (unpaired) electrons. The Balaban J connectivity index is 2.04. The van der Waals surface area contributed by atoms with Crippen LogP contribution in [0.4, 0.5) is 4.39 Å². The highest BCUT2D eigenvalue weighted by Gasteiger charge is 2.14. The standard InChI is InChI=1S/C16H14FNO/c1-10-3-2-4-12-9-14(19-16(10)12)15(18)11-5-7-13(17)8-6-11/h2-9,15H,18H2,1H3. The van der Waals surface area contributed by atoms with Crippen molar-refractivity contribution in [1.29, 1.82) is 0 Å². The van der Waals surface area contributed by atoms with Crippen LogP contribution in [0.15, 0.2) is 52.9 Å². The van der Waals surface area contributed by atoms with Crippen molar-refractivity contribution in [2.45, 2.75) is 13.0 Å². The van der Waals surface area contributed by atoms with Gasteiger partial charge in [0.05, 0.1) is 6.04 Å². The van der Waals surface area contributed by atoms with Gasteiger partial charge in [0.2, 0.25) is 0 Å². The Labute approximate surface area is 110 Å². The molecule has 0 bridgehead atoms. The average molecular weight is 255 g/mol. The van der Waals surface area contributed by atoms with Crippen LogP contribution in [0.25, 0.3) is 11.0 Å². The minimum Gasteiger partial charge on any atom is -0.459 e. The van der Waals surface area contributed by atoms with E-state index in [2.05, 4.69) is 0 Å². The number of hydrogen-bond acceptors (Lipinski definition) is 2. The molecule has 1 heterocycles. The summed E-state index contributed by atoms with van der Waals surface area (Å²) < 4.78 is 18.7. The highest BCUT2D eigenvalue weighted by molar-refractivity contribution is 5.81. The van der Waals surface area contributed by atoms with Gasteiger partial charge in [-0.15, -0.1) is 0 Å². The van der Waals surface area contributed by atoms with E-state index < -0.39 is 0 Å². The van der Waals surface area contributed by atoms with Gasteiger partial charge in [-0.25, -0.2) is 4.39 Å². The lowest BCUT2D eigenvalue weighted by atomic mass is 10.1. The van der Waals surface area contributed by atoms with E-state index in [1.165, 1.54) is 12.1 Å². The lowest BCUT2D eigenvalue weighted by molar-refractivity contribution is 0.523. The van der Waals surface area contributed by atoms with E-state index in [0.29, 0.717) is 5.76 Å². The molecule has 19 heavy (non-hydrogen) atoms. The number of para-hydroxylation sites is 1. The monoisotopic (exact) mass is 255 g/mol. The van der Waals surface area contributed by atoms with Crippen LogP contribution in [0.1, 0.15) is 22.9 Å². The summed E-state index contributed by atoms with van der Waals surface area (Å²) in [6.07, 6.45) is 0. The van der Waals surface area contributed by atoms with E-state index in [9.17, 15) is 4.39 Å². The second kappa shape index (κ2) is 4.52. The van der Waals surface area contributed by atoms with Gasteiger partial charge < -0.3 is 10.2 Å². The number of aryl methyl sites for hydroxylation is 1. The van der Waals surface area contributed by atoms with Crippen molar-refractivity contribution in [3.8, 4) is 0 Å². The van der Waals surface area contributed by atoms with Crippen molar-refractivity contribution < 1.29 is 8.81 Å². The summed E-state index contributed by atoms with van der Waals surface area (Å²) in [5, 5.41) is 1.03. The molecule has 0 aliphatic rings. The Morgan fingerprint density at radius 2 is 1.84 bits per heavy atom. The fourth-order valence-electron chi connectivity index (χ4n) is 2.22. The Hall–Kier alpha value is -2.13. The molecule has 0 aliphatic carbocycles. The van der Waals surface area contributed by atoms with Crippen molar-refractivity contribution in [2.75, 3.05) is 0 Å². The first-order chi connectivity index (χ1) is 9.15. The lowest BCUT2D eigenvalue weighted by Gasteiger charge is -2.08. The Morgan fingerprint density at radius 3 is 2.53 bits per heavy atom. The highest BCUT2D eigenvalue weighted by atomic mass is 19.1. The third-order valence-corrected chi connectivity index (χ3v) is 3.30. The number of hydrogen-bond donors (Lipinski definition) is 1. The summed E-state index contributed by atoms with van der Waals surface area (Å²) in [5.74, 6) is 0.423. The van der Waals surface area contributed by atoms with E-state index in [0.717, 1.165) is 22.1 Å². The first-order valence-corrected chi connectivity index (χ1v) is 6.15. The molecule has 0 aliphatic heterocycles. The molecule has 0 spiro atoms. The SMILES string of the molecule is Cc1cccc2cc(C(N)c3ccc(F)cc3)oc12. The maximum Gasteiger partial charge on any atom is 0.137 e. The van der Waals surface area contributed by atoms with Crippen LogP contribution in [0, 0.1) is 12.7 Å². The quantitative estimate of drug-likeness (QED) is 0.753. The zero-order chi connectivity index (χ0) is 13.4. The van der Waals surface area contributed by atoms with Crippen molar-refractivity contribution >= 4 is 11.0 Å². The Kier molecular flexibility index (Phi) is 2.84. The van der Waals surface area contributed by atoms with Crippen LogP contribution in [-0.4, -0.2) is 0 Å². The van der Waals surface area contributed by atoms with Crippen LogP contribution in [0.2, 0.25) is 0 Å². The largest absolute Gasteiger partial charge is 0.459 e. The number of fused-ring (bicyclic) bond motifs is 1. The molecule has 3 rings (SSSR count). The van der Waals surface area contributed by atoms with Crippen LogP contribution < -0.4 is 5.73 Å². The van der Waals surface area contributed by atoms with Gasteiger partial charge in [0.1, 0.15) is 17.2 Å². The van der Waals surface area contributed by atoms with Gasteiger partial charge in [-0.3, -0.25) is 0 Å². The van der Waals surface area contributed by atoms with Gasteiger partial charge in [-0.1, -0.05) is 30.3 Å². The summed E-state index contributed by atoms with van der Waals surface area (Å²) in [6.45, 7) is 2.00. The fourth-order valence-corrected chi connectivity index (χ4v) is 2.22. The second-order valence-electron chi connectivity index (χ2n) is 4.67. The Bertz CT molecular complexity index is 715. The van der Waals surface area contributed by atoms with E-state index in [1.807, 2.05) is 31.2 Å². The van der Waals surface area contributed by atoms with Gasteiger partial charge in [-0.05, 0) is 36.2 Å². The van der Waals surface area contributed by atoms with Crippen LogP contribution >= 0.6 is 0 Å². The van der Waals surface area contributed by atoms with Crippen LogP contribution in [0.3, 0.4) is 0 Å². The molecule has 2 nitrogen and oxygen atoms in total. The van der Waals surface area contributed by atoms with Crippen molar-refractivity contribution in [2.24, 2.45) is 5.73 Å². The summed E-state index contributed by atoms with van der Waals surface area (Å²) in [4.78, 5) is 0. The summed E-state index contributed by atoms with van der Waals surface area (Å²) in [5.41, 5.74) is 8.93. The van der Waals surface area contributed by atoms with E-state index in [4.69, 9.17) is 10.2 Å². The minimum absolute atomic E-state index is 0.267. The molecule has 3 heteroatoms.